The van der Waals surface area contributed by atoms with Crippen LogP contribution in [0.1, 0.15) is 52.7 Å². The summed E-state index contributed by atoms with van der Waals surface area (Å²) in [5, 5.41) is 2.59. The summed E-state index contributed by atoms with van der Waals surface area (Å²) >= 11 is 0. The molecule has 0 fully saturated rings. The smallest absolute Gasteiger partial charge is 0.0581 e. The van der Waals surface area contributed by atoms with Crippen LogP contribution < -0.4 is 4.90 Å². The third-order valence-electron chi connectivity index (χ3n) is 14.3. The fraction of sp³-hybridized carbons (Fsp3) is 0.158. The SMILES string of the molecule is CC1(C)c2ccc3c4cc(-c5ccc(N(c6ccc(-c7ccccc7)cc6)c6ccc(-c7ccccc7)cc6)cc5)ccc4n(-c4ccccc4)c3c2C(C)(C)C1(C)C. The minimum absolute atomic E-state index is 0.0205. The third-order valence-corrected chi connectivity index (χ3v) is 14.3. The van der Waals surface area contributed by atoms with E-state index in [1.54, 1.807) is 0 Å². The molecule has 0 unspecified atom stereocenters. The summed E-state index contributed by atoms with van der Waals surface area (Å²) in [6.45, 7) is 14.7. The Hall–Kier alpha value is -6.64. The molecule has 2 heteroatoms. The van der Waals surface area contributed by atoms with Crippen molar-refractivity contribution in [3.05, 3.63) is 205 Å². The summed E-state index contributed by atoms with van der Waals surface area (Å²) in [4.78, 5) is 2.36. The van der Waals surface area contributed by atoms with E-state index in [4.69, 9.17) is 0 Å². The van der Waals surface area contributed by atoms with Crippen molar-refractivity contribution < 1.29 is 0 Å². The number of rotatable bonds is 7. The van der Waals surface area contributed by atoms with E-state index < -0.39 is 0 Å². The number of aromatic nitrogens is 1. The van der Waals surface area contributed by atoms with Gasteiger partial charge in [0.25, 0.3) is 0 Å². The largest absolute Gasteiger partial charge is 0.311 e. The lowest BCUT2D eigenvalue weighted by Crippen LogP contribution is -2.42. The molecule has 288 valence electrons. The van der Waals surface area contributed by atoms with Crippen LogP contribution in [0.25, 0.3) is 60.9 Å². The molecular formula is C57H50N2. The molecule has 0 radical (unpaired) electrons. The molecule has 0 N–H and O–H groups in total. The first-order chi connectivity index (χ1) is 28.5. The molecule has 1 aliphatic rings. The van der Waals surface area contributed by atoms with E-state index in [9.17, 15) is 0 Å². The number of benzene rings is 8. The number of fused-ring (bicyclic) bond motifs is 5. The molecule has 0 bridgehead atoms. The summed E-state index contributed by atoms with van der Waals surface area (Å²) < 4.78 is 2.53. The molecule has 2 nitrogen and oxygen atoms in total. The molecule has 1 aromatic heterocycles. The van der Waals surface area contributed by atoms with Crippen LogP contribution in [0.5, 0.6) is 0 Å². The van der Waals surface area contributed by atoms with Gasteiger partial charge in [0.2, 0.25) is 0 Å². The third kappa shape index (κ3) is 5.76. The molecule has 9 aromatic rings. The van der Waals surface area contributed by atoms with Gasteiger partial charge in [0.15, 0.2) is 0 Å². The van der Waals surface area contributed by atoms with Gasteiger partial charge in [0, 0.05) is 33.5 Å². The van der Waals surface area contributed by atoms with Crippen molar-refractivity contribution in [1.29, 1.82) is 0 Å². The van der Waals surface area contributed by atoms with Crippen molar-refractivity contribution in [3.63, 3.8) is 0 Å². The number of anilines is 3. The summed E-state index contributed by atoms with van der Waals surface area (Å²) in [6, 6.07) is 70.9. The highest BCUT2D eigenvalue weighted by atomic mass is 15.1. The van der Waals surface area contributed by atoms with Crippen LogP contribution >= 0.6 is 0 Å². The van der Waals surface area contributed by atoms with Crippen molar-refractivity contribution >= 4 is 38.9 Å². The van der Waals surface area contributed by atoms with E-state index in [1.807, 2.05) is 0 Å². The van der Waals surface area contributed by atoms with Gasteiger partial charge in [0.05, 0.1) is 11.0 Å². The van der Waals surface area contributed by atoms with Gasteiger partial charge in [-0.05, 0) is 121 Å². The molecule has 10 rings (SSSR count). The minimum Gasteiger partial charge on any atom is -0.311 e. The number of hydrogen-bond acceptors (Lipinski definition) is 1. The highest BCUT2D eigenvalue weighted by molar-refractivity contribution is 6.12. The van der Waals surface area contributed by atoms with E-state index in [2.05, 4.69) is 245 Å². The van der Waals surface area contributed by atoms with Crippen molar-refractivity contribution in [2.24, 2.45) is 5.41 Å². The minimum atomic E-state index is -0.0412. The zero-order chi connectivity index (χ0) is 40.5. The van der Waals surface area contributed by atoms with E-state index >= 15 is 0 Å². The maximum atomic E-state index is 2.53. The van der Waals surface area contributed by atoms with Crippen LogP contribution in [-0.4, -0.2) is 4.57 Å². The van der Waals surface area contributed by atoms with Gasteiger partial charge in [-0.25, -0.2) is 0 Å². The van der Waals surface area contributed by atoms with Crippen molar-refractivity contribution in [3.8, 4) is 39.1 Å². The average Bonchev–Trinajstić information content (AvgIpc) is 3.66. The Bertz CT molecular complexity index is 2870. The first-order valence-corrected chi connectivity index (χ1v) is 20.9. The number of hydrogen-bond donors (Lipinski definition) is 0. The van der Waals surface area contributed by atoms with Crippen LogP contribution in [0.15, 0.2) is 194 Å². The standard InChI is InChI=1S/C57H50N2/c1-55(2)51-36-35-49-50-38-44(28-37-52(50)59(45-20-14-9-15-21-45)54(49)53(51)56(3,4)57(55,5)6)43-26-33-48(34-27-43)58(46-29-22-41(23-30-46)39-16-10-7-11-17-39)47-31-24-42(25-32-47)40-18-12-8-13-19-40/h7-38H,1-6H3. The van der Waals surface area contributed by atoms with Gasteiger partial charge in [-0.15, -0.1) is 0 Å². The highest BCUT2D eigenvalue weighted by Crippen LogP contribution is 2.63. The molecule has 0 atom stereocenters. The first kappa shape index (κ1) is 36.7. The van der Waals surface area contributed by atoms with Crippen molar-refractivity contribution in [2.45, 2.75) is 52.4 Å². The van der Waals surface area contributed by atoms with Crippen LogP contribution in [-0.2, 0) is 10.8 Å². The molecule has 1 aliphatic carbocycles. The summed E-state index contributed by atoms with van der Waals surface area (Å²) in [5.74, 6) is 0. The normalized spacial score (nSPS) is 15.0. The second kappa shape index (κ2) is 13.7. The Morgan fingerprint density at radius 3 is 1.29 bits per heavy atom. The van der Waals surface area contributed by atoms with Crippen LogP contribution in [0.2, 0.25) is 0 Å². The van der Waals surface area contributed by atoms with Crippen molar-refractivity contribution in [1.82, 2.24) is 4.57 Å². The number of para-hydroxylation sites is 1. The Balaban J connectivity index is 1.08. The van der Waals surface area contributed by atoms with E-state index in [0.717, 1.165) is 17.1 Å². The maximum absolute atomic E-state index is 2.53. The van der Waals surface area contributed by atoms with E-state index in [0.29, 0.717) is 0 Å². The van der Waals surface area contributed by atoms with E-state index in [1.165, 1.54) is 72.0 Å². The van der Waals surface area contributed by atoms with Gasteiger partial charge in [-0.2, -0.15) is 0 Å². The van der Waals surface area contributed by atoms with Gasteiger partial charge >= 0.3 is 0 Å². The fourth-order valence-electron chi connectivity index (χ4n) is 9.83. The molecule has 8 aromatic carbocycles. The van der Waals surface area contributed by atoms with E-state index in [-0.39, 0.29) is 16.2 Å². The lowest BCUT2D eigenvalue weighted by molar-refractivity contribution is 0.125. The second-order valence-electron chi connectivity index (χ2n) is 17.9. The Morgan fingerprint density at radius 1 is 0.373 bits per heavy atom. The highest BCUT2D eigenvalue weighted by Gasteiger charge is 2.57. The van der Waals surface area contributed by atoms with Crippen LogP contribution in [0.4, 0.5) is 17.1 Å². The first-order valence-electron chi connectivity index (χ1n) is 20.9. The maximum Gasteiger partial charge on any atom is 0.0581 e. The quantitative estimate of drug-likeness (QED) is 0.157. The zero-order valence-electron chi connectivity index (χ0n) is 34.9. The number of nitrogens with zero attached hydrogens (tertiary/aromatic N) is 2. The molecule has 0 spiro atoms. The van der Waals surface area contributed by atoms with Gasteiger partial charge < -0.3 is 9.47 Å². The fourth-order valence-corrected chi connectivity index (χ4v) is 9.83. The summed E-state index contributed by atoms with van der Waals surface area (Å²) in [6.07, 6.45) is 0. The van der Waals surface area contributed by atoms with Gasteiger partial charge in [-0.1, -0.05) is 175 Å². The molecule has 1 heterocycles. The van der Waals surface area contributed by atoms with Crippen LogP contribution in [0.3, 0.4) is 0 Å². The van der Waals surface area contributed by atoms with Gasteiger partial charge in [0.1, 0.15) is 0 Å². The predicted octanol–water partition coefficient (Wildman–Crippen LogP) is 15.8. The molecular weight excluding hydrogens is 713 g/mol. The Kier molecular flexibility index (Phi) is 8.54. The summed E-state index contributed by atoms with van der Waals surface area (Å²) in [5.41, 5.74) is 17.3. The monoisotopic (exact) mass is 762 g/mol. The summed E-state index contributed by atoms with van der Waals surface area (Å²) in [7, 11) is 0. The molecule has 0 saturated carbocycles. The Morgan fingerprint density at radius 2 is 0.797 bits per heavy atom. The average molecular weight is 763 g/mol. The molecule has 0 amide bonds. The van der Waals surface area contributed by atoms with Crippen molar-refractivity contribution in [2.75, 3.05) is 4.90 Å². The molecule has 0 saturated heterocycles. The lowest BCUT2D eigenvalue weighted by Gasteiger charge is -2.44. The second-order valence-corrected chi connectivity index (χ2v) is 17.9. The lowest BCUT2D eigenvalue weighted by atomic mass is 9.59. The molecule has 59 heavy (non-hydrogen) atoms. The molecule has 0 aliphatic heterocycles. The van der Waals surface area contributed by atoms with Gasteiger partial charge in [-0.3, -0.25) is 0 Å². The predicted molar refractivity (Wildman–Crippen MR) is 252 cm³/mol. The topological polar surface area (TPSA) is 8.17 Å². The zero-order valence-corrected chi connectivity index (χ0v) is 34.9. The van der Waals surface area contributed by atoms with Crippen LogP contribution in [0, 0.1) is 5.41 Å². The Labute approximate surface area is 349 Å².